The molecule has 0 saturated carbocycles. The fourth-order valence-corrected chi connectivity index (χ4v) is 8.13. The van der Waals surface area contributed by atoms with Crippen molar-refractivity contribution in [2.75, 3.05) is 6.16 Å². The first-order chi connectivity index (χ1) is 13.4. The fourth-order valence-electron chi connectivity index (χ4n) is 3.82. The predicted molar refractivity (Wildman–Crippen MR) is 120 cm³/mol. The van der Waals surface area contributed by atoms with Crippen LogP contribution in [0.5, 0.6) is 0 Å². The molecular formula is C26H24P. The van der Waals surface area contributed by atoms with E-state index in [0.717, 1.165) is 12.6 Å². The molecule has 0 atom stereocenters. The molecule has 0 aliphatic carbocycles. The van der Waals surface area contributed by atoms with Crippen LogP contribution in [0.1, 0.15) is 5.56 Å². The van der Waals surface area contributed by atoms with Gasteiger partial charge in [-0.15, -0.1) is 0 Å². The Morgan fingerprint density at radius 3 is 1.11 bits per heavy atom. The standard InChI is InChI=1S/C26H24P/c1-5-13-23(14-6-1)21-22-27(24-15-7-2-8-16-24,25-17-9-3-10-18-25)26-19-11-4-12-20-26/h1-20H,21-22H2. The maximum atomic E-state index is 2.32. The van der Waals surface area contributed by atoms with Crippen molar-refractivity contribution in [1.29, 1.82) is 0 Å². The molecule has 27 heavy (non-hydrogen) atoms. The van der Waals surface area contributed by atoms with E-state index in [-0.39, 0.29) is 0 Å². The van der Waals surface area contributed by atoms with Crippen molar-refractivity contribution in [2.24, 2.45) is 0 Å². The SMILES string of the molecule is c1ccc(CC[P](c2ccccc2)(c2ccccc2)c2ccccc2)cc1. The average molecular weight is 367 g/mol. The summed E-state index contributed by atoms with van der Waals surface area (Å²) in [5, 5.41) is 4.37. The molecule has 0 fully saturated rings. The molecule has 0 N–H and O–H groups in total. The van der Waals surface area contributed by atoms with E-state index in [9.17, 15) is 0 Å². The minimum Gasteiger partial charge on any atom is -0.0622 e. The summed E-state index contributed by atoms with van der Waals surface area (Å²) < 4.78 is 0. The summed E-state index contributed by atoms with van der Waals surface area (Å²) in [4.78, 5) is 0. The predicted octanol–water partition coefficient (Wildman–Crippen LogP) is 5.22. The first-order valence-corrected chi connectivity index (χ1v) is 11.5. The molecule has 0 aliphatic rings. The van der Waals surface area contributed by atoms with E-state index in [1.165, 1.54) is 21.5 Å². The van der Waals surface area contributed by atoms with Gasteiger partial charge in [0.2, 0.25) is 0 Å². The average Bonchev–Trinajstić information content (AvgIpc) is 2.77. The van der Waals surface area contributed by atoms with Crippen molar-refractivity contribution < 1.29 is 0 Å². The van der Waals surface area contributed by atoms with Crippen LogP contribution >= 0.6 is 7.26 Å². The highest BCUT2D eigenvalue weighted by Gasteiger charge is 2.33. The minimum atomic E-state index is -1.72. The number of hydrogen-bond donors (Lipinski definition) is 0. The zero-order valence-corrected chi connectivity index (χ0v) is 16.3. The zero-order valence-electron chi connectivity index (χ0n) is 15.4. The van der Waals surface area contributed by atoms with Crippen LogP contribution in [0.3, 0.4) is 0 Å². The second-order valence-electron chi connectivity index (χ2n) is 6.78. The van der Waals surface area contributed by atoms with E-state index >= 15 is 0 Å². The van der Waals surface area contributed by atoms with Gasteiger partial charge in [0.05, 0.1) is 0 Å². The highest BCUT2D eigenvalue weighted by Crippen LogP contribution is 2.55. The monoisotopic (exact) mass is 367 g/mol. The summed E-state index contributed by atoms with van der Waals surface area (Å²) in [5.41, 5.74) is 1.41. The van der Waals surface area contributed by atoms with Gasteiger partial charge in [0, 0.05) is 0 Å². The Morgan fingerprint density at radius 1 is 0.407 bits per heavy atom. The number of benzene rings is 4. The van der Waals surface area contributed by atoms with E-state index in [0.29, 0.717) is 0 Å². The van der Waals surface area contributed by atoms with Gasteiger partial charge in [-0.3, -0.25) is 0 Å². The van der Waals surface area contributed by atoms with Gasteiger partial charge >= 0.3 is 0 Å². The molecule has 1 radical (unpaired) electrons. The third-order valence-corrected chi connectivity index (χ3v) is 9.60. The molecule has 4 rings (SSSR count). The summed E-state index contributed by atoms with van der Waals surface area (Å²) in [6.45, 7) is 0. The van der Waals surface area contributed by atoms with Gasteiger partial charge in [0.1, 0.15) is 0 Å². The van der Waals surface area contributed by atoms with Gasteiger partial charge in [-0.1, -0.05) is 121 Å². The lowest BCUT2D eigenvalue weighted by molar-refractivity contribution is 1.15. The Hall–Kier alpha value is -2.69. The Bertz CT molecular complexity index is 851. The van der Waals surface area contributed by atoms with Gasteiger partial charge in [-0.2, -0.15) is 0 Å². The van der Waals surface area contributed by atoms with Crippen molar-refractivity contribution in [3.63, 3.8) is 0 Å². The first kappa shape index (κ1) is 17.7. The van der Waals surface area contributed by atoms with Crippen LogP contribution in [-0.2, 0) is 6.42 Å². The summed E-state index contributed by atoms with van der Waals surface area (Å²) in [6.07, 6.45) is 2.21. The fraction of sp³-hybridized carbons (Fsp3) is 0.0769. The van der Waals surface area contributed by atoms with Crippen molar-refractivity contribution in [3.05, 3.63) is 127 Å². The Balaban J connectivity index is 1.89. The van der Waals surface area contributed by atoms with Crippen LogP contribution in [0.4, 0.5) is 0 Å². The second-order valence-corrected chi connectivity index (χ2v) is 10.4. The van der Waals surface area contributed by atoms with Crippen molar-refractivity contribution in [3.8, 4) is 0 Å². The normalized spacial score (nSPS) is 11.3. The molecule has 0 saturated heterocycles. The smallest absolute Gasteiger partial charge is 0.0196 e. The quantitative estimate of drug-likeness (QED) is 0.410. The lowest BCUT2D eigenvalue weighted by Crippen LogP contribution is -2.34. The maximum absolute atomic E-state index is 2.32. The maximum Gasteiger partial charge on any atom is -0.0196 e. The van der Waals surface area contributed by atoms with Crippen LogP contribution in [0.25, 0.3) is 0 Å². The Kier molecular flexibility index (Phi) is 5.47. The third-order valence-electron chi connectivity index (χ3n) is 5.17. The van der Waals surface area contributed by atoms with Gasteiger partial charge in [0.25, 0.3) is 0 Å². The second kappa shape index (κ2) is 8.33. The summed E-state index contributed by atoms with van der Waals surface area (Å²) in [5.74, 6) is 0. The van der Waals surface area contributed by atoms with Gasteiger partial charge in [0.15, 0.2) is 0 Å². The van der Waals surface area contributed by atoms with Crippen LogP contribution in [-0.4, -0.2) is 6.16 Å². The molecule has 0 amide bonds. The number of hydrogen-bond acceptors (Lipinski definition) is 0. The van der Waals surface area contributed by atoms with Crippen LogP contribution in [0.15, 0.2) is 121 Å². The Labute approximate surface area is 162 Å². The largest absolute Gasteiger partial charge is 0.0622 e. The molecule has 1 heteroatoms. The third kappa shape index (κ3) is 3.72. The molecule has 0 aromatic heterocycles. The molecule has 0 unspecified atom stereocenters. The molecule has 133 valence electrons. The van der Waals surface area contributed by atoms with Crippen LogP contribution in [0.2, 0.25) is 0 Å². The van der Waals surface area contributed by atoms with Crippen LogP contribution in [0, 0.1) is 0 Å². The summed E-state index contributed by atoms with van der Waals surface area (Å²) in [6, 6.07) is 44.2. The van der Waals surface area contributed by atoms with Crippen molar-refractivity contribution in [2.45, 2.75) is 6.42 Å². The van der Waals surface area contributed by atoms with Gasteiger partial charge in [-0.05, 0) is 41.3 Å². The lowest BCUT2D eigenvalue weighted by atomic mass is 10.2. The molecular weight excluding hydrogens is 343 g/mol. The summed E-state index contributed by atoms with van der Waals surface area (Å²) >= 11 is 0. The molecule has 0 spiro atoms. The lowest BCUT2D eigenvalue weighted by Gasteiger charge is -2.38. The zero-order chi connectivity index (χ0) is 18.4. The molecule has 0 bridgehead atoms. The minimum absolute atomic E-state index is 1.08. The van der Waals surface area contributed by atoms with Crippen LogP contribution < -0.4 is 15.9 Å². The number of rotatable bonds is 6. The first-order valence-electron chi connectivity index (χ1n) is 9.48. The van der Waals surface area contributed by atoms with E-state index in [1.54, 1.807) is 0 Å². The van der Waals surface area contributed by atoms with Crippen molar-refractivity contribution in [1.82, 2.24) is 0 Å². The molecule has 0 heterocycles. The number of aryl methyl sites for hydroxylation is 1. The van der Waals surface area contributed by atoms with Gasteiger partial charge < -0.3 is 0 Å². The van der Waals surface area contributed by atoms with E-state index in [4.69, 9.17) is 0 Å². The summed E-state index contributed by atoms with van der Waals surface area (Å²) in [7, 11) is -1.72. The molecule has 0 aliphatic heterocycles. The molecule has 4 aromatic carbocycles. The topological polar surface area (TPSA) is 0 Å². The van der Waals surface area contributed by atoms with E-state index < -0.39 is 7.26 Å². The molecule has 0 nitrogen and oxygen atoms in total. The van der Waals surface area contributed by atoms with Crippen molar-refractivity contribution >= 4 is 23.2 Å². The van der Waals surface area contributed by atoms with Gasteiger partial charge in [-0.25, -0.2) is 0 Å². The van der Waals surface area contributed by atoms with E-state index in [1.807, 2.05) is 0 Å². The molecule has 4 aromatic rings. The van der Waals surface area contributed by atoms with E-state index in [2.05, 4.69) is 121 Å². The Morgan fingerprint density at radius 2 is 0.741 bits per heavy atom. The highest BCUT2D eigenvalue weighted by atomic mass is 31.2. The highest BCUT2D eigenvalue weighted by molar-refractivity contribution is 7.95.